The summed E-state index contributed by atoms with van der Waals surface area (Å²) in [6.07, 6.45) is 1.08. The average Bonchev–Trinajstić information content (AvgIpc) is 2.84. The van der Waals surface area contributed by atoms with E-state index in [1.54, 1.807) is 13.0 Å². The third-order valence-corrected chi connectivity index (χ3v) is 6.65. The number of rotatable bonds is 4. The first-order chi connectivity index (χ1) is 8.90. The van der Waals surface area contributed by atoms with Crippen LogP contribution in [0.5, 0.6) is 0 Å². The lowest BCUT2D eigenvalue weighted by Gasteiger charge is -2.13. The van der Waals surface area contributed by atoms with Gasteiger partial charge in [-0.05, 0) is 64.4 Å². The second-order valence-corrected chi connectivity index (χ2v) is 8.46. The van der Waals surface area contributed by atoms with Crippen LogP contribution in [-0.2, 0) is 10.0 Å². The van der Waals surface area contributed by atoms with E-state index in [0.29, 0.717) is 23.7 Å². The highest BCUT2D eigenvalue weighted by molar-refractivity contribution is 9.10. The van der Waals surface area contributed by atoms with E-state index in [1.165, 1.54) is 6.07 Å². The highest BCUT2D eigenvalue weighted by atomic mass is 79.9. The maximum absolute atomic E-state index is 12.3. The Labute approximate surface area is 126 Å². The van der Waals surface area contributed by atoms with E-state index in [0.717, 1.165) is 22.4 Å². The van der Waals surface area contributed by atoms with Crippen LogP contribution in [0, 0.1) is 12.8 Å². The van der Waals surface area contributed by atoms with Crippen molar-refractivity contribution in [1.29, 1.82) is 0 Å². The Bertz CT molecular complexity index is 569. The Hall–Kier alpha value is -0.240. The van der Waals surface area contributed by atoms with Gasteiger partial charge in [-0.3, -0.25) is 0 Å². The van der Waals surface area contributed by atoms with Gasteiger partial charge in [0.05, 0.1) is 4.90 Å². The molecule has 1 saturated heterocycles. The second-order valence-electron chi connectivity index (χ2n) is 4.72. The first kappa shape index (κ1) is 15.2. The smallest absolute Gasteiger partial charge is 0.240 e. The number of benzene rings is 1. The average molecular weight is 365 g/mol. The summed E-state index contributed by atoms with van der Waals surface area (Å²) in [6.45, 7) is 2.27. The second kappa shape index (κ2) is 6.03. The van der Waals surface area contributed by atoms with Crippen molar-refractivity contribution in [3.8, 4) is 0 Å². The molecular weight excluding hydrogens is 348 g/mol. The van der Waals surface area contributed by atoms with Gasteiger partial charge in [-0.15, -0.1) is 0 Å². The van der Waals surface area contributed by atoms with Crippen LogP contribution in [0.4, 0.5) is 5.69 Å². The summed E-state index contributed by atoms with van der Waals surface area (Å²) in [5.74, 6) is 2.59. The van der Waals surface area contributed by atoms with Crippen molar-refractivity contribution in [1.82, 2.24) is 4.72 Å². The lowest BCUT2D eigenvalue weighted by Crippen LogP contribution is -2.30. The third kappa shape index (κ3) is 3.65. The molecule has 1 aliphatic rings. The molecule has 1 aliphatic heterocycles. The number of halogens is 1. The predicted molar refractivity (Wildman–Crippen MR) is 83.9 cm³/mol. The number of nitrogen functional groups attached to an aromatic ring is 1. The molecule has 1 unspecified atom stereocenters. The molecule has 1 aromatic rings. The quantitative estimate of drug-likeness (QED) is 0.804. The molecule has 1 fully saturated rings. The van der Waals surface area contributed by atoms with Crippen molar-refractivity contribution in [2.24, 2.45) is 5.92 Å². The van der Waals surface area contributed by atoms with E-state index < -0.39 is 10.0 Å². The fourth-order valence-electron chi connectivity index (χ4n) is 2.01. The Balaban J connectivity index is 2.16. The van der Waals surface area contributed by atoms with Gasteiger partial charge in [-0.1, -0.05) is 0 Å². The molecule has 0 aliphatic carbocycles. The molecule has 0 aromatic heterocycles. The van der Waals surface area contributed by atoms with Crippen LogP contribution in [0.15, 0.2) is 21.5 Å². The fourth-order valence-corrected chi connectivity index (χ4v) is 5.13. The number of hydrogen-bond donors (Lipinski definition) is 2. The maximum Gasteiger partial charge on any atom is 0.240 e. The highest BCUT2D eigenvalue weighted by Crippen LogP contribution is 2.27. The summed E-state index contributed by atoms with van der Waals surface area (Å²) in [5, 5.41) is 0. The fraction of sp³-hybridized carbons (Fsp3) is 0.500. The zero-order valence-electron chi connectivity index (χ0n) is 10.6. The lowest BCUT2D eigenvalue weighted by atomic mass is 10.1. The highest BCUT2D eigenvalue weighted by Gasteiger charge is 2.22. The number of hydrogen-bond acceptors (Lipinski definition) is 4. The Morgan fingerprint density at radius 3 is 2.89 bits per heavy atom. The zero-order valence-corrected chi connectivity index (χ0v) is 13.9. The van der Waals surface area contributed by atoms with Gasteiger partial charge in [0.25, 0.3) is 0 Å². The van der Waals surface area contributed by atoms with Crippen molar-refractivity contribution in [2.45, 2.75) is 18.2 Å². The molecule has 0 bridgehead atoms. The molecule has 106 valence electrons. The SMILES string of the molecule is Cc1cc(Br)c(N)cc1S(=O)(=O)NCC1CCSC1. The number of nitrogens with two attached hydrogens (primary N) is 1. The molecule has 0 saturated carbocycles. The minimum Gasteiger partial charge on any atom is -0.398 e. The number of sulfonamides is 1. The summed E-state index contributed by atoms with van der Waals surface area (Å²) < 4.78 is 28.0. The van der Waals surface area contributed by atoms with Crippen LogP contribution in [-0.4, -0.2) is 26.5 Å². The van der Waals surface area contributed by atoms with Gasteiger partial charge in [-0.2, -0.15) is 11.8 Å². The van der Waals surface area contributed by atoms with Crippen LogP contribution in [0.1, 0.15) is 12.0 Å². The Kier molecular flexibility index (Phi) is 4.81. The minimum absolute atomic E-state index is 0.263. The lowest BCUT2D eigenvalue weighted by molar-refractivity contribution is 0.545. The molecule has 1 aromatic carbocycles. The molecule has 0 amide bonds. The number of nitrogens with one attached hydrogen (secondary N) is 1. The topological polar surface area (TPSA) is 72.2 Å². The van der Waals surface area contributed by atoms with E-state index in [2.05, 4.69) is 20.7 Å². The standard InChI is InChI=1S/C12H17BrN2O2S2/c1-8-4-10(13)11(14)5-12(8)19(16,17)15-6-9-2-3-18-7-9/h4-5,9,15H,2-3,6-7,14H2,1H3. The van der Waals surface area contributed by atoms with Gasteiger partial charge in [0.1, 0.15) is 0 Å². The summed E-state index contributed by atoms with van der Waals surface area (Å²) in [6, 6.07) is 3.24. The molecule has 0 spiro atoms. The van der Waals surface area contributed by atoms with E-state index in [9.17, 15) is 8.42 Å². The van der Waals surface area contributed by atoms with Crippen LogP contribution >= 0.6 is 27.7 Å². The Morgan fingerprint density at radius 1 is 1.53 bits per heavy atom. The van der Waals surface area contributed by atoms with E-state index in [1.807, 2.05) is 11.8 Å². The monoisotopic (exact) mass is 364 g/mol. The van der Waals surface area contributed by atoms with Gasteiger partial charge >= 0.3 is 0 Å². The first-order valence-electron chi connectivity index (χ1n) is 6.03. The van der Waals surface area contributed by atoms with Crippen molar-refractivity contribution in [3.63, 3.8) is 0 Å². The zero-order chi connectivity index (χ0) is 14.0. The van der Waals surface area contributed by atoms with Crippen molar-refractivity contribution in [2.75, 3.05) is 23.8 Å². The molecule has 1 atom stereocenters. The molecule has 2 rings (SSSR count). The molecule has 7 heteroatoms. The number of thioether (sulfide) groups is 1. The normalized spacial score (nSPS) is 19.8. The van der Waals surface area contributed by atoms with Gasteiger partial charge < -0.3 is 5.73 Å². The van der Waals surface area contributed by atoms with E-state index in [-0.39, 0.29) is 4.90 Å². The van der Waals surface area contributed by atoms with Crippen LogP contribution < -0.4 is 10.5 Å². The van der Waals surface area contributed by atoms with Crippen molar-refractivity contribution >= 4 is 43.4 Å². The largest absolute Gasteiger partial charge is 0.398 e. The molecule has 0 radical (unpaired) electrons. The van der Waals surface area contributed by atoms with Gasteiger partial charge in [0, 0.05) is 16.7 Å². The van der Waals surface area contributed by atoms with Crippen LogP contribution in [0.25, 0.3) is 0 Å². The molecule has 19 heavy (non-hydrogen) atoms. The summed E-state index contributed by atoms with van der Waals surface area (Å²) in [7, 11) is -3.48. The van der Waals surface area contributed by atoms with Crippen molar-refractivity contribution in [3.05, 3.63) is 22.2 Å². The third-order valence-electron chi connectivity index (χ3n) is 3.17. The molecule has 3 N–H and O–H groups in total. The Morgan fingerprint density at radius 2 is 2.26 bits per heavy atom. The van der Waals surface area contributed by atoms with E-state index in [4.69, 9.17) is 5.73 Å². The predicted octanol–water partition coefficient (Wildman–Crippen LogP) is 2.37. The van der Waals surface area contributed by atoms with E-state index >= 15 is 0 Å². The molecular formula is C12H17BrN2O2S2. The molecule has 1 heterocycles. The van der Waals surface area contributed by atoms with Gasteiger partial charge in [0.2, 0.25) is 10.0 Å². The maximum atomic E-state index is 12.3. The minimum atomic E-state index is -3.48. The van der Waals surface area contributed by atoms with Gasteiger partial charge in [0.15, 0.2) is 0 Å². The number of aryl methyl sites for hydroxylation is 1. The first-order valence-corrected chi connectivity index (χ1v) is 9.46. The summed E-state index contributed by atoms with van der Waals surface area (Å²) in [4.78, 5) is 0.263. The summed E-state index contributed by atoms with van der Waals surface area (Å²) >= 11 is 5.17. The number of anilines is 1. The summed E-state index contributed by atoms with van der Waals surface area (Å²) in [5.41, 5.74) is 6.88. The van der Waals surface area contributed by atoms with Crippen LogP contribution in [0.2, 0.25) is 0 Å². The van der Waals surface area contributed by atoms with Crippen molar-refractivity contribution < 1.29 is 8.42 Å². The van der Waals surface area contributed by atoms with Gasteiger partial charge in [-0.25, -0.2) is 13.1 Å². The van der Waals surface area contributed by atoms with Crippen LogP contribution in [0.3, 0.4) is 0 Å². The molecule has 4 nitrogen and oxygen atoms in total.